The van der Waals surface area contributed by atoms with Crippen molar-refractivity contribution in [2.75, 3.05) is 0 Å². The second kappa shape index (κ2) is 11.2. The van der Waals surface area contributed by atoms with Crippen molar-refractivity contribution in [2.24, 2.45) is 11.8 Å². The highest BCUT2D eigenvalue weighted by Crippen LogP contribution is 2.14. The fourth-order valence-corrected chi connectivity index (χ4v) is 1.76. The van der Waals surface area contributed by atoms with Crippen LogP contribution in [0.5, 0.6) is 0 Å². The van der Waals surface area contributed by atoms with E-state index >= 15 is 0 Å². The zero-order valence-electron chi connectivity index (χ0n) is 13.1. The summed E-state index contributed by atoms with van der Waals surface area (Å²) in [5, 5.41) is 14.8. The number of hydrazine groups is 1. The fourth-order valence-electron chi connectivity index (χ4n) is 1.76. The molecule has 1 rings (SSSR count). The number of carboxylic acid groups (broad SMARTS) is 2. The highest BCUT2D eigenvalue weighted by Gasteiger charge is 2.23. The Balaban J connectivity index is 0.000000688. The van der Waals surface area contributed by atoms with Crippen molar-refractivity contribution in [3.05, 3.63) is 35.9 Å². The van der Waals surface area contributed by atoms with Gasteiger partial charge in [-0.25, -0.2) is 15.4 Å². The Bertz CT molecular complexity index is 494. The van der Waals surface area contributed by atoms with Gasteiger partial charge in [-0.3, -0.25) is 10.2 Å². The second-order valence-electron chi connectivity index (χ2n) is 4.64. The van der Waals surface area contributed by atoms with E-state index in [1.165, 1.54) is 0 Å². The molecule has 23 heavy (non-hydrogen) atoms. The third-order valence-corrected chi connectivity index (χ3v) is 3.02. The van der Waals surface area contributed by atoms with Gasteiger partial charge in [-0.1, -0.05) is 37.3 Å². The lowest BCUT2D eigenvalue weighted by atomic mass is 10.00. The topological polar surface area (TPSA) is 139 Å². The summed E-state index contributed by atoms with van der Waals surface area (Å²) in [6.45, 7) is 4.35. The van der Waals surface area contributed by atoms with Crippen LogP contribution in [0.2, 0.25) is 0 Å². The molecule has 0 unspecified atom stereocenters. The lowest BCUT2D eigenvalue weighted by Crippen LogP contribution is -2.40. The van der Waals surface area contributed by atoms with E-state index in [9.17, 15) is 4.79 Å². The molecule has 8 nitrogen and oxygen atoms in total. The van der Waals surface area contributed by atoms with Gasteiger partial charge in [-0.15, -0.1) is 0 Å². The number of carbonyl (C=O) groups excluding carboxylic acids is 1. The number of hydrogen-bond acceptors (Lipinski definition) is 5. The van der Waals surface area contributed by atoms with Crippen LogP contribution in [0.3, 0.4) is 0 Å². The average molecular weight is 326 g/mol. The van der Waals surface area contributed by atoms with Gasteiger partial charge in [-0.2, -0.15) is 0 Å². The number of nitrogens with one attached hydrogen (secondary N) is 1. The van der Waals surface area contributed by atoms with E-state index in [1.54, 1.807) is 0 Å². The smallest absolute Gasteiger partial charge is 0.414 e. The number of ether oxygens (including phenoxy) is 1. The molecule has 2 atom stereocenters. The van der Waals surface area contributed by atoms with E-state index in [4.69, 9.17) is 30.4 Å². The third-order valence-electron chi connectivity index (χ3n) is 3.02. The summed E-state index contributed by atoms with van der Waals surface area (Å²) < 4.78 is 5.69. The van der Waals surface area contributed by atoms with Gasteiger partial charge < -0.3 is 14.9 Å². The maximum absolute atomic E-state index is 11.5. The maximum atomic E-state index is 11.5. The molecule has 0 saturated heterocycles. The number of aliphatic carboxylic acids is 2. The molecule has 0 bridgehead atoms. The van der Waals surface area contributed by atoms with Gasteiger partial charge in [0.1, 0.15) is 0 Å². The molecule has 0 spiro atoms. The number of nitrogens with two attached hydrogens (primary N) is 1. The van der Waals surface area contributed by atoms with E-state index in [0.717, 1.165) is 5.56 Å². The van der Waals surface area contributed by atoms with Gasteiger partial charge in [0.05, 0.1) is 18.6 Å². The van der Waals surface area contributed by atoms with Crippen LogP contribution in [0, 0.1) is 5.92 Å². The van der Waals surface area contributed by atoms with Gasteiger partial charge in [0.25, 0.3) is 0 Å². The first kappa shape index (κ1) is 20.6. The molecule has 0 heterocycles. The van der Waals surface area contributed by atoms with Crippen molar-refractivity contribution in [3.8, 4) is 0 Å². The first-order chi connectivity index (χ1) is 10.8. The number of benzene rings is 1. The number of amides is 1. The quantitative estimate of drug-likeness (QED) is 0.262. The molecule has 1 aromatic carbocycles. The lowest BCUT2D eigenvalue weighted by Gasteiger charge is -2.21. The summed E-state index contributed by atoms with van der Waals surface area (Å²) in [6, 6.07) is 9.89. The van der Waals surface area contributed by atoms with Crippen LogP contribution < -0.4 is 11.3 Å². The summed E-state index contributed by atoms with van der Waals surface area (Å²) in [6.07, 6.45) is 0.558. The van der Waals surface area contributed by atoms with Gasteiger partial charge in [0.15, 0.2) is 0 Å². The second-order valence-corrected chi connectivity index (χ2v) is 4.64. The molecule has 8 heteroatoms. The van der Waals surface area contributed by atoms with Gasteiger partial charge in [-0.05, 0) is 18.9 Å². The van der Waals surface area contributed by atoms with Gasteiger partial charge >= 0.3 is 11.9 Å². The Labute approximate surface area is 134 Å². The molecule has 1 amide bonds. The van der Waals surface area contributed by atoms with Crippen LogP contribution in [0.4, 0.5) is 0 Å². The minimum Gasteiger partial charge on any atom is -0.473 e. The van der Waals surface area contributed by atoms with Crippen LogP contribution in [0.1, 0.15) is 25.8 Å². The van der Waals surface area contributed by atoms with Crippen molar-refractivity contribution in [3.63, 3.8) is 0 Å². The van der Waals surface area contributed by atoms with Crippen LogP contribution in [-0.4, -0.2) is 34.2 Å². The monoisotopic (exact) mass is 326 g/mol. The van der Waals surface area contributed by atoms with Crippen LogP contribution >= 0.6 is 0 Å². The first-order valence-corrected chi connectivity index (χ1v) is 6.95. The predicted octanol–water partition coefficient (Wildman–Crippen LogP) is 0.763. The molecule has 0 aliphatic heterocycles. The highest BCUT2D eigenvalue weighted by atomic mass is 16.5. The minimum absolute atomic E-state index is 0.149. The molecular formula is C15H22N2O6. The average Bonchev–Trinajstić information content (AvgIpc) is 2.54. The summed E-state index contributed by atoms with van der Waals surface area (Å²) in [7, 11) is 0. The van der Waals surface area contributed by atoms with E-state index in [0.29, 0.717) is 13.0 Å². The number of rotatable bonds is 6. The van der Waals surface area contributed by atoms with E-state index in [-0.39, 0.29) is 17.9 Å². The van der Waals surface area contributed by atoms with E-state index < -0.39 is 11.9 Å². The summed E-state index contributed by atoms with van der Waals surface area (Å²) in [5.74, 6) is 1.11. The highest BCUT2D eigenvalue weighted by molar-refractivity contribution is 6.27. The molecule has 1 aromatic rings. The third kappa shape index (κ3) is 8.54. The molecule has 0 aliphatic carbocycles. The van der Waals surface area contributed by atoms with Gasteiger partial charge in [0, 0.05) is 0 Å². The number of carboxylic acids is 2. The lowest BCUT2D eigenvalue weighted by molar-refractivity contribution is -0.159. The van der Waals surface area contributed by atoms with Crippen molar-refractivity contribution in [1.29, 1.82) is 0 Å². The van der Waals surface area contributed by atoms with Crippen molar-refractivity contribution >= 4 is 17.8 Å². The Morgan fingerprint density at radius 3 is 2.09 bits per heavy atom. The molecule has 0 saturated carbocycles. The minimum atomic E-state index is -1.82. The Kier molecular flexibility index (Phi) is 9.97. The SMILES string of the molecule is CC[C@H](C(=O)NN)[C@H](C)OCc1ccccc1.O=C(O)C(=O)O. The summed E-state index contributed by atoms with van der Waals surface area (Å²) in [4.78, 5) is 29.7. The molecular weight excluding hydrogens is 304 g/mol. The molecule has 0 aliphatic rings. The number of carbonyl (C=O) groups is 3. The first-order valence-electron chi connectivity index (χ1n) is 6.95. The zero-order chi connectivity index (χ0) is 17.8. The summed E-state index contributed by atoms with van der Waals surface area (Å²) >= 11 is 0. The van der Waals surface area contributed by atoms with Crippen molar-refractivity contribution in [1.82, 2.24) is 5.43 Å². The maximum Gasteiger partial charge on any atom is 0.414 e. The Morgan fingerprint density at radius 2 is 1.70 bits per heavy atom. The van der Waals surface area contributed by atoms with Crippen molar-refractivity contribution < 1.29 is 29.3 Å². The van der Waals surface area contributed by atoms with E-state index in [1.807, 2.05) is 44.2 Å². The molecule has 0 aromatic heterocycles. The molecule has 0 fully saturated rings. The zero-order valence-corrected chi connectivity index (χ0v) is 13.1. The fraction of sp³-hybridized carbons (Fsp3) is 0.400. The summed E-state index contributed by atoms with van der Waals surface area (Å²) in [5.41, 5.74) is 3.28. The largest absolute Gasteiger partial charge is 0.473 e. The van der Waals surface area contributed by atoms with Crippen LogP contribution in [0.15, 0.2) is 30.3 Å². The van der Waals surface area contributed by atoms with E-state index in [2.05, 4.69) is 5.43 Å². The molecule has 5 N–H and O–H groups in total. The van der Waals surface area contributed by atoms with Gasteiger partial charge in [0.2, 0.25) is 5.91 Å². The Morgan fingerprint density at radius 1 is 1.17 bits per heavy atom. The van der Waals surface area contributed by atoms with Crippen LogP contribution in [-0.2, 0) is 25.7 Å². The normalized spacial score (nSPS) is 12.3. The molecule has 128 valence electrons. The Hall–Kier alpha value is -2.45. The van der Waals surface area contributed by atoms with Crippen LogP contribution in [0.25, 0.3) is 0 Å². The van der Waals surface area contributed by atoms with Crippen molar-refractivity contribution in [2.45, 2.75) is 33.0 Å². The number of hydrogen-bond donors (Lipinski definition) is 4. The standard InChI is InChI=1S/C13H20N2O2.C2H2O4/c1-3-12(13(16)15-14)10(2)17-9-11-7-5-4-6-8-11;3-1(4)2(5)6/h4-8,10,12H,3,9,14H2,1-2H3,(H,15,16);(H,3,4)(H,5,6)/t10-,12-;/m0./s1. The molecule has 0 radical (unpaired) electrons. The predicted molar refractivity (Wildman–Crippen MR) is 82.1 cm³/mol.